The first-order valence-corrected chi connectivity index (χ1v) is 3.39. The van der Waals surface area contributed by atoms with Crippen molar-refractivity contribution in [2.45, 2.75) is 25.7 Å². The van der Waals surface area contributed by atoms with Crippen molar-refractivity contribution in [3.8, 4) is 12.8 Å². The zero-order valence-corrected chi connectivity index (χ0v) is 5.84. The molecule has 1 fully saturated rings. The highest BCUT2D eigenvalue weighted by Crippen LogP contribution is 2.24. The van der Waals surface area contributed by atoms with Crippen LogP contribution in [-0.2, 0) is 0 Å². The van der Waals surface area contributed by atoms with Crippen LogP contribution in [0.3, 0.4) is 0 Å². The van der Waals surface area contributed by atoms with Crippen LogP contribution >= 0.6 is 0 Å². The van der Waals surface area contributed by atoms with Crippen LogP contribution in [0.4, 0.5) is 0 Å². The quantitative estimate of drug-likeness (QED) is 0.370. The third-order valence-corrected chi connectivity index (χ3v) is 1.73. The molecule has 50 valence electrons. The lowest BCUT2D eigenvalue weighted by Crippen LogP contribution is -1.81. The number of hydrogen-bond acceptors (Lipinski definition) is 0. The SMILES string of the molecule is C#C.C=CC1CCCC1. The predicted molar refractivity (Wildman–Crippen MR) is 42.0 cm³/mol. The molecule has 0 aromatic carbocycles. The molecule has 0 amide bonds. The molecule has 1 saturated carbocycles. The summed E-state index contributed by atoms with van der Waals surface area (Å²) in [5.74, 6) is 0.861. The lowest BCUT2D eigenvalue weighted by molar-refractivity contribution is 0.688. The number of allylic oxidation sites excluding steroid dienone is 1. The molecule has 0 saturated heterocycles. The Bertz CT molecular complexity index is 83.5. The van der Waals surface area contributed by atoms with Gasteiger partial charge in [-0.25, -0.2) is 0 Å². The van der Waals surface area contributed by atoms with E-state index in [2.05, 4.69) is 25.5 Å². The van der Waals surface area contributed by atoms with E-state index in [1.54, 1.807) is 0 Å². The van der Waals surface area contributed by atoms with E-state index in [1.807, 2.05) is 0 Å². The van der Waals surface area contributed by atoms with Gasteiger partial charge in [0.2, 0.25) is 0 Å². The fraction of sp³-hybridized carbons (Fsp3) is 0.556. The summed E-state index contributed by atoms with van der Waals surface area (Å²) in [6, 6.07) is 0. The van der Waals surface area contributed by atoms with Crippen molar-refractivity contribution in [3.05, 3.63) is 12.7 Å². The third kappa shape index (κ3) is 2.98. The molecular formula is C9H14. The molecule has 1 aliphatic rings. The molecule has 0 atom stereocenters. The average Bonchev–Trinajstić information content (AvgIpc) is 2.43. The minimum Gasteiger partial charge on any atom is -0.124 e. The van der Waals surface area contributed by atoms with Crippen LogP contribution in [0.15, 0.2) is 12.7 Å². The standard InChI is InChI=1S/C7H12.C2H2/c1-2-7-5-3-4-6-7;1-2/h2,7H,1,3-6H2;1-2H. The van der Waals surface area contributed by atoms with E-state index in [-0.39, 0.29) is 0 Å². The van der Waals surface area contributed by atoms with E-state index in [1.165, 1.54) is 25.7 Å². The van der Waals surface area contributed by atoms with Crippen molar-refractivity contribution >= 4 is 0 Å². The summed E-state index contributed by atoms with van der Waals surface area (Å²) < 4.78 is 0. The van der Waals surface area contributed by atoms with Crippen LogP contribution in [-0.4, -0.2) is 0 Å². The molecule has 0 N–H and O–H groups in total. The van der Waals surface area contributed by atoms with Gasteiger partial charge in [-0.15, -0.1) is 19.4 Å². The van der Waals surface area contributed by atoms with E-state index in [4.69, 9.17) is 0 Å². The van der Waals surface area contributed by atoms with E-state index < -0.39 is 0 Å². The van der Waals surface area contributed by atoms with Gasteiger partial charge >= 0.3 is 0 Å². The van der Waals surface area contributed by atoms with Gasteiger partial charge in [-0.1, -0.05) is 18.9 Å². The largest absolute Gasteiger partial charge is 0.124 e. The van der Waals surface area contributed by atoms with Gasteiger partial charge in [0, 0.05) is 0 Å². The Hall–Kier alpha value is -0.700. The lowest BCUT2D eigenvalue weighted by Gasteiger charge is -1.94. The summed E-state index contributed by atoms with van der Waals surface area (Å²) in [4.78, 5) is 0. The highest BCUT2D eigenvalue weighted by atomic mass is 14.1. The fourth-order valence-corrected chi connectivity index (χ4v) is 1.19. The van der Waals surface area contributed by atoms with Crippen molar-refractivity contribution < 1.29 is 0 Å². The van der Waals surface area contributed by atoms with Crippen molar-refractivity contribution in [1.29, 1.82) is 0 Å². The van der Waals surface area contributed by atoms with Gasteiger partial charge in [0.05, 0.1) is 0 Å². The summed E-state index contributed by atoms with van der Waals surface area (Å²) in [5, 5.41) is 0. The van der Waals surface area contributed by atoms with E-state index >= 15 is 0 Å². The average molecular weight is 122 g/mol. The Labute approximate surface area is 58.0 Å². The molecule has 0 aromatic heterocycles. The van der Waals surface area contributed by atoms with Crippen LogP contribution < -0.4 is 0 Å². The van der Waals surface area contributed by atoms with Crippen LogP contribution in [0.5, 0.6) is 0 Å². The maximum absolute atomic E-state index is 4.00. The minimum absolute atomic E-state index is 0.861. The van der Waals surface area contributed by atoms with Crippen molar-refractivity contribution in [2.24, 2.45) is 5.92 Å². The van der Waals surface area contributed by atoms with Gasteiger partial charge in [0.15, 0.2) is 0 Å². The second-order valence-electron chi connectivity index (χ2n) is 2.28. The molecule has 0 spiro atoms. The Morgan fingerprint density at radius 1 is 1.22 bits per heavy atom. The molecule has 9 heavy (non-hydrogen) atoms. The molecule has 0 aliphatic heterocycles. The summed E-state index contributed by atoms with van der Waals surface area (Å²) >= 11 is 0. The topological polar surface area (TPSA) is 0 Å². The highest BCUT2D eigenvalue weighted by molar-refractivity contribution is 4.82. The van der Waals surface area contributed by atoms with E-state index in [0.717, 1.165) is 5.92 Å². The molecule has 0 heteroatoms. The second kappa shape index (κ2) is 5.44. The summed E-state index contributed by atoms with van der Waals surface area (Å²) in [7, 11) is 0. The molecule has 0 bridgehead atoms. The first-order valence-electron chi connectivity index (χ1n) is 3.39. The maximum atomic E-state index is 4.00. The second-order valence-corrected chi connectivity index (χ2v) is 2.28. The van der Waals surface area contributed by atoms with Crippen LogP contribution in [0.1, 0.15) is 25.7 Å². The van der Waals surface area contributed by atoms with Gasteiger partial charge in [-0.3, -0.25) is 0 Å². The number of rotatable bonds is 1. The smallest absolute Gasteiger partial charge is 0.0236 e. The van der Waals surface area contributed by atoms with Gasteiger partial charge in [0.1, 0.15) is 0 Å². The summed E-state index contributed by atoms with van der Waals surface area (Å²) in [5.41, 5.74) is 0. The molecule has 0 unspecified atom stereocenters. The van der Waals surface area contributed by atoms with Crippen LogP contribution in [0.25, 0.3) is 0 Å². The normalized spacial score (nSPS) is 18.0. The van der Waals surface area contributed by atoms with Gasteiger partial charge < -0.3 is 0 Å². The van der Waals surface area contributed by atoms with Crippen molar-refractivity contribution in [1.82, 2.24) is 0 Å². The zero-order valence-electron chi connectivity index (χ0n) is 5.84. The molecule has 0 aromatic rings. The van der Waals surface area contributed by atoms with E-state index in [9.17, 15) is 0 Å². The Kier molecular flexibility index (Phi) is 5.01. The Morgan fingerprint density at radius 2 is 1.67 bits per heavy atom. The zero-order chi connectivity index (χ0) is 7.11. The van der Waals surface area contributed by atoms with Gasteiger partial charge in [0.25, 0.3) is 0 Å². The van der Waals surface area contributed by atoms with Crippen LogP contribution in [0.2, 0.25) is 0 Å². The maximum Gasteiger partial charge on any atom is -0.0236 e. The predicted octanol–water partition coefficient (Wildman–Crippen LogP) is 2.61. The molecule has 1 aliphatic carbocycles. The third-order valence-electron chi connectivity index (χ3n) is 1.73. The molecule has 0 radical (unpaired) electrons. The highest BCUT2D eigenvalue weighted by Gasteiger charge is 2.09. The Morgan fingerprint density at radius 3 is 1.89 bits per heavy atom. The van der Waals surface area contributed by atoms with Crippen LogP contribution in [0, 0.1) is 18.8 Å². The number of terminal acetylenes is 1. The molecular weight excluding hydrogens is 108 g/mol. The first kappa shape index (κ1) is 8.30. The minimum atomic E-state index is 0.861. The first-order chi connectivity index (χ1) is 4.43. The van der Waals surface area contributed by atoms with Gasteiger partial charge in [-0.05, 0) is 18.8 Å². The lowest BCUT2D eigenvalue weighted by atomic mass is 10.1. The van der Waals surface area contributed by atoms with E-state index in [0.29, 0.717) is 0 Å². The summed E-state index contributed by atoms with van der Waals surface area (Å²) in [6.07, 6.45) is 15.7. The molecule has 0 nitrogen and oxygen atoms in total. The fourth-order valence-electron chi connectivity index (χ4n) is 1.19. The number of hydrogen-bond donors (Lipinski definition) is 0. The Balaban J connectivity index is 0.000000291. The van der Waals surface area contributed by atoms with Crippen molar-refractivity contribution in [3.63, 3.8) is 0 Å². The molecule has 0 heterocycles. The van der Waals surface area contributed by atoms with Crippen molar-refractivity contribution in [2.75, 3.05) is 0 Å². The van der Waals surface area contributed by atoms with Gasteiger partial charge in [-0.2, -0.15) is 0 Å². The molecule has 1 rings (SSSR count). The monoisotopic (exact) mass is 122 g/mol. The summed E-state index contributed by atoms with van der Waals surface area (Å²) in [6.45, 7) is 3.74.